The lowest BCUT2D eigenvalue weighted by atomic mass is 9.63. The third-order valence-electron chi connectivity index (χ3n) is 5.56. The second-order valence-electron chi connectivity index (χ2n) is 7.14. The fourth-order valence-corrected chi connectivity index (χ4v) is 3.91. The summed E-state index contributed by atoms with van der Waals surface area (Å²) in [4.78, 5) is 11.4. The van der Waals surface area contributed by atoms with Crippen molar-refractivity contribution in [1.82, 2.24) is 0 Å². The Morgan fingerprint density at radius 2 is 1.50 bits per heavy atom. The molecule has 0 spiro atoms. The van der Waals surface area contributed by atoms with Gasteiger partial charge in [0.2, 0.25) is 0 Å². The van der Waals surface area contributed by atoms with Crippen LogP contribution in [0.2, 0.25) is 0 Å². The molecule has 3 heteroatoms. The monoisotopic (exact) mass is 350 g/mol. The Morgan fingerprint density at radius 1 is 1.00 bits per heavy atom. The minimum Gasteiger partial charge on any atom is -0.497 e. The Hall–Kier alpha value is -2.55. The molecule has 0 atom stereocenters. The maximum Gasteiger partial charge on any atom is 0.335 e. The quantitative estimate of drug-likeness (QED) is 0.418. The number of methoxy groups -OCH3 is 1. The fourth-order valence-electron chi connectivity index (χ4n) is 3.91. The van der Waals surface area contributed by atoms with Crippen molar-refractivity contribution in [3.05, 3.63) is 72.3 Å². The van der Waals surface area contributed by atoms with Gasteiger partial charge >= 0.3 is 5.97 Å². The number of hydrogen-bond donors (Lipinski definition) is 0. The Labute approximate surface area is 155 Å². The van der Waals surface area contributed by atoms with Crippen LogP contribution in [0.3, 0.4) is 0 Å². The van der Waals surface area contributed by atoms with Crippen molar-refractivity contribution < 1.29 is 14.3 Å². The van der Waals surface area contributed by atoms with Crippen LogP contribution in [0.5, 0.6) is 11.5 Å². The average molecular weight is 350 g/mol. The SMILES string of the molecule is C=CC(=O)Oc1ccc(C2(c3ccc(OC)cc3)CCC(C)CC2)cc1. The highest BCUT2D eigenvalue weighted by Gasteiger charge is 2.37. The summed E-state index contributed by atoms with van der Waals surface area (Å²) in [6, 6.07) is 16.4. The number of benzene rings is 2. The van der Waals surface area contributed by atoms with Crippen LogP contribution in [0.15, 0.2) is 61.2 Å². The van der Waals surface area contributed by atoms with Gasteiger partial charge in [-0.1, -0.05) is 37.8 Å². The Morgan fingerprint density at radius 3 is 1.96 bits per heavy atom. The summed E-state index contributed by atoms with van der Waals surface area (Å²) in [6.45, 7) is 5.76. The van der Waals surface area contributed by atoms with E-state index < -0.39 is 5.97 Å². The van der Waals surface area contributed by atoms with Gasteiger partial charge in [-0.2, -0.15) is 0 Å². The molecule has 0 aliphatic heterocycles. The number of rotatable bonds is 5. The number of carbonyl (C=O) groups is 1. The van der Waals surface area contributed by atoms with E-state index in [0.717, 1.165) is 24.5 Å². The number of ether oxygens (including phenoxy) is 2. The van der Waals surface area contributed by atoms with Gasteiger partial charge in [-0.25, -0.2) is 4.79 Å². The predicted octanol–water partition coefficient (Wildman–Crippen LogP) is 5.28. The van der Waals surface area contributed by atoms with Crippen LogP contribution >= 0.6 is 0 Å². The molecule has 1 fully saturated rings. The molecule has 2 aromatic rings. The second kappa shape index (κ2) is 7.77. The zero-order valence-electron chi connectivity index (χ0n) is 15.5. The van der Waals surface area contributed by atoms with Crippen molar-refractivity contribution in [1.29, 1.82) is 0 Å². The van der Waals surface area contributed by atoms with Crippen LogP contribution in [0.25, 0.3) is 0 Å². The van der Waals surface area contributed by atoms with Crippen molar-refractivity contribution in [2.24, 2.45) is 5.92 Å². The van der Waals surface area contributed by atoms with E-state index in [1.807, 2.05) is 24.3 Å². The van der Waals surface area contributed by atoms with Crippen LogP contribution in [-0.2, 0) is 10.2 Å². The average Bonchev–Trinajstić information content (AvgIpc) is 2.69. The van der Waals surface area contributed by atoms with E-state index in [4.69, 9.17) is 9.47 Å². The Bertz CT molecular complexity index is 751. The molecule has 3 nitrogen and oxygen atoms in total. The second-order valence-corrected chi connectivity index (χ2v) is 7.14. The van der Waals surface area contributed by atoms with Crippen molar-refractivity contribution in [3.8, 4) is 11.5 Å². The van der Waals surface area contributed by atoms with E-state index in [-0.39, 0.29) is 5.41 Å². The molecule has 0 saturated heterocycles. The summed E-state index contributed by atoms with van der Waals surface area (Å²) in [5, 5.41) is 0. The molecule has 1 aliphatic carbocycles. The zero-order chi connectivity index (χ0) is 18.6. The molecule has 0 bridgehead atoms. The molecule has 0 amide bonds. The number of esters is 1. The van der Waals surface area contributed by atoms with E-state index in [0.29, 0.717) is 5.75 Å². The van der Waals surface area contributed by atoms with Gasteiger partial charge in [0.25, 0.3) is 0 Å². The minimum atomic E-state index is -0.436. The Kier molecular flexibility index (Phi) is 5.46. The van der Waals surface area contributed by atoms with Gasteiger partial charge in [-0.05, 0) is 67.0 Å². The summed E-state index contributed by atoms with van der Waals surface area (Å²) in [5.41, 5.74) is 2.59. The first-order valence-electron chi connectivity index (χ1n) is 9.17. The van der Waals surface area contributed by atoms with E-state index >= 15 is 0 Å². The molecular formula is C23H26O3. The molecule has 136 valence electrons. The largest absolute Gasteiger partial charge is 0.497 e. The van der Waals surface area contributed by atoms with Crippen molar-refractivity contribution in [2.45, 2.75) is 38.0 Å². The highest BCUT2D eigenvalue weighted by Crippen LogP contribution is 2.47. The van der Waals surface area contributed by atoms with Crippen LogP contribution in [-0.4, -0.2) is 13.1 Å². The van der Waals surface area contributed by atoms with Gasteiger partial charge in [-0.15, -0.1) is 0 Å². The lowest BCUT2D eigenvalue weighted by Crippen LogP contribution is -2.32. The third kappa shape index (κ3) is 3.67. The first kappa shape index (κ1) is 18.2. The molecule has 0 radical (unpaired) electrons. The maximum atomic E-state index is 11.4. The number of hydrogen-bond acceptors (Lipinski definition) is 3. The van der Waals surface area contributed by atoms with Gasteiger partial charge in [0.15, 0.2) is 0 Å². The highest BCUT2D eigenvalue weighted by molar-refractivity contribution is 5.83. The third-order valence-corrected chi connectivity index (χ3v) is 5.56. The molecule has 0 unspecified atom stereocenters. The van der Waals surface area contributed by atoms with Crippen molar-refractivity contribution in [3.63, 3.8) is 0 Å². The van der Waals surface area contributed by atoms with Crippen LogP contribution in [0, 0.1) is 5.92 Å². The molecule has 26 heavy (non-hydrogen) atoms. The molecule has 0 aromatic heterocycles. The topological polar surface area (TPSA) is 35.5 Å². The predicted molar refractivity (Wildman–Crippen MR) is 104 cm³/mol. The maximum absolute atomic E-state index is 11.4. The molecule has 0 N–H and O–H groups in total. The van der Waals surface area contributed by atoms with Gasteiger partial charge in [0, 0.05) is 11.5 Å². The number of carbonyl (C=O) groups excluding carboxylic acids is 1. The fraction of sp³-hybridized carbons (Fsp3) is 0.348. The first-order valence-corrected chi connectivity index (χ1v) is 9.17. The van der Waals surface area contributed by atoms with E-state index in [9.17, 15) is 4.79 Å². The first-order chi connectivity index (χ1) is 12.6. The molecule has 0 heterocycles. The van der Waals surface area contributed by atoms with E-state index in [1.54, 1.807) is 7.11 Å². The van der Waals surface area contributed by atoms with Crippen LogP contribution in [0.1, 0.15) is 43.7 Å². The normalized spacial score (nSPS) is 22.5. The van der Waals surface area contributed by atoms with Gasteiger partial charge in [-0.3, -0.25) is 0 Å². The van der Waals surface area contributed by atoms with Crippen molar-refractivity contribution in [2.75, 3.05) is 7.11 Å². The van der Waals surface area contributed by atoms with E-state index in [2.05, 4.69) is 37.8 Å². The molecule has 1 aliphatic rings. The minimum absolute atomic E-state index is 0.000241. The van der Waals surface area contributed by atoms with Gasteiger partial charge in [0.05, 0.1) is 7.11 Å². The molecule has 2 aromatic carbocycles. The van der Waals surface area contributed by atoms with Gasteiger partial charge in [0.1, 0.15) is 11.5 Å². The van der Waals surface area contributed by atoms with Crippen molar-refractivity contribution >= 4 is 5.97 Å². The van der Waals surface area contributed by atoms with Gasteiger partial charge < -0.3 is 9.47 Å². The zero-order valence-corrected chi connectivity index (χ0v) is 15.5. The lowest BCUT2D eigenvalue weighted by Gasteiger charge is -2.40. The lowest BCUT2D eigenvalue weighted by molar-refractivity contribution is -0.128. The summed E-state index contributed by atoms with van der Waals surface area (Å²) < 4.78 is 10.5. The van der Waals surface area contributed by atoms with E-state index in [1.165, 1.54) is 30.0 Å². The van der Waals surface area contributed by atoms with Crippen LogP contribution < -0.4 is 9.47 Å². The molecule has 1 saturated carbocycles. The smallest absolute Gasteiger partial charge is 0.335 e. The Balaban J connectivity index is 1.95. The standard InChI is InChI=1S/C23H26O3/c1-4-22(24)26-21-11-7-19(8-12-21)23(15-13-17(2)14-16-23)18-5-9-20(25-3)10-6-18/h4-12,17H,1,13-16H2,2-3H3. The molecular weight excluding hydrogens is 324 g/mol. The summed E-state index contributed by atoms with van der Waals surface area (Å²) in [6.07, 6.45) is 5.83. The highest BCUT2D eigenvalue weighted by atomic mass is 16.5. The summed E-state index contributed by atoms with van der Waals surface area (Å²) in [5.74, 6) is 1.75. The molecule has 3 rings (SSSR count). The summed E-state index contributed by atoms with van der Waals surface area (Å²) >= 11 is 0. The summed E-state index contributed by atoms with van der Waals surface area (Å²) in [7, 11) is 1.69. The van der Waals surface area contributed by atoms with Crippen LogP contribution in [0.4, 0.5) is 0 Å².